The maximum Gasteiger partial charge on any atom is 0.323 e. The number of rotatable bonds is 4. The predicted molar refractivity (Wildman–Crippen MR) is 99.3 cm³/mol. The van der Waals surface area contributed by atoms with Crippen LogP contribution in [-0.4, -0.2) is 11.0 Å². The number of benzene rings is 2. The first-order chi connectivity index (χ1) is 12.5. The number of hydrogen-bond acceptors (Lipinski definition) is 3. The van der Waals surface area contributed by atoms with Crippen molar-refractivity contribution in [3.63, 3.8) is 0 Å². The minimum atomic E-state index is -0.555. The molecule has 2 amide bonds. The van der Waals surface area contributed by atoms with E-state index in [1.807, 2.05) is 32.0 Å². The molecule has 0 aliphatic carbocycles. The van der Waals surface area contributed by atoms with Crippen molar-refractivity contribution in [2.45, 2.75) is 13.8 Å². The van der Waals surface area contributed by atoms with Gasteiger partial charge in [-0.1, -0.05) is 30.3 Å². The number of ether oxygens (including phenoxy) is 1. The molecule has 0 bridgehead atoms. The summed E-state index contributed by atoms with van der Waals surface area (Å²) in [7, 11) is 0. The number of aryl methyl sites for hydroxylation is 2. The molecule has 0 aliphatic heterocycles. The number of nitrogens with zero attached hydrogens (tertiary/aromatic N) is 1. The molecular formula is C20H18FN3O2. The largest absolute Gasteiger partial charge is 0.438 e. The minimum Gasteiger partial charge on any atom is -0.438 e. The molecule has 0 saturated carbocycles. The molecule has 0 atom stereocenters. The smallest absolute Gasteiger partial charge is 0.323 e. The van der Waals surface area contributed by atoms with Crippen LogP contribution in [-0.2, 0) is 0 Å². The van der Waals surface area contributed by atoms with E-state index in [2.05, 4.69) is 15.6 Å². The molecule has 3 rings (SSSR count). The van der Waals surface area contributed by atoms with Gasteiger partial charge >= 0.3 is 6.03 Å². The van der Waals surface area contributed by atoms with Gasteiger partial charge in [-0.2, -0.15) is 0 Å². The molecule has 6 heteroatoms. The van der Waals surface area contributed by atoms with Crippen LogP contribution in [0.4, 0.5) is 20.6 Å². The number of anilines is 2. The summed E-state index contributed by atoms with van der Waals surface area (Å²) in [5, 5.41) is 5.04. The molecule has 26 heavy (non-hydrogen) atoms. The Labute approximate surface area is 150 Å². The Kier molecular flexibility index (Phi) is 5.12. The second kappa shape index (κ2) is 7.65. The lowest BCUT2D eigenvalue weighted by Crippen LogP contribution is -2.20. The first kappa shape index (κ1) is 17.4. The third-order valence-electron chi connectivity index (χ3n) is 3.73. The van der Waals surface area contributed by atoms with Gasteiger partial charge in [0.1, 0.15) is 11.6 Å². The number of amides is 2. The van der Waals surface area contributed by atoms with Crippen LogP contribution in [0.2, 0.25) is 0 Å². The number of halogens is 1. The number of nitrogens with one attached hydrogen (secondary N) is 2. The molecule has 0 saturated heterocycles. The second-order valence-corrected chi connectivity index (χ2v) is 5.77. The third-order valence-corrected chi connectivity index (χ3v) is 3.73. The van der Waals surface area contributed by atoms with E-state index in [4.69, 9.17) is 4.74 Å². The normalized spacial score (nSPS) is 10.3. The number of hydrogen-bond donors (Lipinski definition) is 2. The Morgan fingerprint density at radius 1 is 0.962 bits per heavy atom. The van der Waals surface area contributed by atoms with E-state index in [1.54, 1.807) is 24.3 Å². The summed E-state index contributed by atoms with van der Waals surface area (Å²) in [5.41, 5.74) is 2.59. The minimum absolute atomic E-state index is 0.105. The monoisotopic (exact) mass is 351 g/mol. The Morgan fingerprint density at radius 3 is 2.35 bits per heavy atom. The first-order valence-electron chi connectivity index (χ1n) is 8.05. The fourth-order valence-corrected chi connectivity index (χ4v) is 2.43. The molecule has 2 aromatic carbocycles. The zero-order valence-corrected chi connectivity index (χ0v) is 14.4. The summed E-state index contributed by atoms with van der Waals surface area (Å²) >= 11 is 0. The maximum atomic E-state index is 13.5. The average Bonchev–Trinajstić information content (AvgIpc) is 2.62. The highest BCUT2D eigenvalue weighted by molar-refractivity contribution is 5.99. The molecule has 0 radical (unpaired) electrons. The molecule has 0 fully saturated rings. The number of pyridine rings is 1. The highest BCUT2D eigenvalue weighted by Crippen LogP contribution is 2.27. The third kappa shape index (κ3) is 4.16. The van der Waals surface area contributed by atoms with Crippen LogP contribution < -0.4 is 15.4 Å². The van der Waals surface area contributed by atoms with Gasteiger partial charge in [-0.05, 0) is 43.2 Å². The van der Waals surface area contributed by atoms with Crippen molar-refractivity contribution in [1.82, 2.24) is 4.98 Å². The van der Waals surface area contributed by atoms with Gasteiger partial charge in [-0.25, -0.2) is 14.2 Å². The van der Waals surface area contributed by atoms with Crippen molar-refractivity contribution in [3.8, 4) is 11.6 Å². The van der Waals surface area contributed by atoms with E-state index >= 15 is 0 Å². The Bertz CT molecular complexity index is 906. The first-order valence-corrected chi connectivity index (χ1v) is 8.05. The van der Waals surface area contributed by atoms with Crippen LogP contribution in [0.15, 0.2) is 60.8 Å². The maximum absolute atomic E-state index is 13.5. The lowest BCUT2D eigenvalue weighted by Gasteiger charge is -2.11. The highest BCUT2D eigenvalue weighted by atomic mass is 19.1. The summed E-state index contributed by atoms with van der Waals surface area (Å²) < 4.78 is 19.4. The lowest BCUT2D eigenvalue weighted by molar-refractivity contribution is 0.262. The Hall–Kier alpha value is -3.41. The van der Waals surface area contributed by atoms with Crippen molar-refractivity contribution in [2.24, 2.45) is 0 Å². The van der Waals surface area contributed by atoms with Gasteiger partial charge in [0.25, 0.3) is 0 Å². The van der Waals surface area contributed by atoms with Crippen LogP contribution in [0.25, 0.3) is 0 Å². The van der Waals surface area contributed by atoms with Crippen LogP contribution in [0.1, 0.15) is 11.1 Å². The summed E-state index contributed by atoms with van der Waals surface area (Å²) in [6.07, 6.45) is 1.48. The molecular weight excluding hydrogens is 333 g/mol. The molecule has 3 aromatic rings. The Balaban J connectivity index is 1.64. The van der Waals surface area contributed by atoms with Gasteiger partial charge in [0, 0.05) is 6.07 Å². The highest BCUT2D eigenvalue weighted by Gasteiger charge is 2.08. The molecule has 1 heterocycles. The standard InChI is InChI=1S/C20H18FN3O2/c1-13-6-5-7-14(2)19(13)26-18-11-10-15(12-22-18)23-20(25)24-17-9-4-3-8-16(17)21/h3-12H,1-2H3,(H2,23,24,25). The average molecular weight is 351 g/mol. The van der Waals surface area contributed by atoms with Gasteiger partial charge in [0.05, 0.1) is 17.6 Å². The zero-order chi connectivity index (χ0) is 18.5. The van der Waals surface area contributed by atoms with Crippen LogP contribution in [0.3, 0.4) is 0 Å². The van der Waals surface area contributed by atoms with Gasteiger partial charge in [-0.3, -0.25) is 0 Å². The molecule has 5 nitrogen and oxygen atoms in total. The summed E-state index contributed by atoms with van der Waals surface area (Å²) in [6.45, 7) is 3.93. The fourth-order valence-electron chi connectivity index (χ4n) is 2.43. The van der Waals surface area contributed by atoms with Crippen molar-refractivity contribution in [2.75, 3.05) is 10.6 Å². The van der Waals surface area contributed by atoms with Crippen molar-refractivity contribution >= 4 is 17.4 Å². The van der Waals surface area contributed by atoms with E-state index < -0.39 is 11.8 Å². The molecule has 2 N–H and O–H groups in total. The lowest BCUT2D eigenvalue weighted by atomic mass is 10.1. The van der Waals surface area contributed by atoms with Crippen LogP contribution in [0, 0.1) is 19.7 Å². The quantitative estimate of drug-likeness (QED) is 0.673. The Morgan fingerprint density at radius 2 is 1.69 bits per heavy atom. The van der Waals surface area contributed by atoms with Gasteiger partial charge in [-0.15, -0.1) is 0 Å². The van der Waals surface area contributed by atoms with Crippen LogP contribution in [0.5, 0.6) is 11.6 Å². The van der Waals surface area contributed by atoms with E-state index in [0.717, 1.165) is 16.9 Å². The molecule has 132 valence electrons. The van der Waals surface area contributed by atoms with Crippen molar-refractivity contribution in [1.29, 1.82) is 0 Å². The van der Waals surface area contributed by atoms with Crippen LogP contribution >= 0.6 is 0 Å². The summed E-state index contributed by atoms with van der Waals surface area (Å²) in [4.78, 5) is 16.1. The van der Waals surface area contributed by atoms with Gasteiger partial charge in [0.15, 0.2) is 0 Å². The van der Waals surface area contributed by atoms with Crippen molar-refractivity contribution < 1.29 is 13.9 Å². The van der Waals surface area contributed by atoms with E-state index in [-0.39, 0.29) is 5.69 Å². The second-order valence-electron chi connectivity index (χ2n) is 5.77. The molecule has 0 spiro atoms. The van der Waals surface area contributed by atoms with Gasteiger partial charge < -0.3 is 15.4 Å². The van der Waals surface area contributed by atoms with Crippen molar-refractivity contribution in [3.05, 3.63) is 77.7 Å². The topological polar surface area (TPSA) is 63.2 Å². The predicted octanol–water partition coefficient (Wildman–Crippen LogP) is 5.27. The molecule has 0 aliphatic rings. The SMILES string of the molecule is Cc1cccc(C)c1Oc1ccc(NC(=O)Nc2ccccc2F)cn1. The number of carbonyl (C=O) groups excluding carboxylic acids is 1. The number of aromatic nitrogens is 1. The number of para-hydroxylation sites is 2. The molecule has 0 unspecified atom stereocenters. The van der Waals surface area contributed by atoms with E-state index in [1.165, 1.54) is 18.3 Å². The summed E-state index contributed by atoms with van der Waals surface area (Å²) in [6, 6.07) is 14.6. The van der Waals surface area contributed by atoms with E-state index in [0.29, 0.717) is 11.6 Å². The number of urea groups is 1. The van der Waals surface area contributed by atoms with Gasteiger partial charge in [0.2, 0.25) is 5.88 Å². The zero-order valence-electron chi connectivity index (χ0n) is 14.4. The molecule has 1 aromatic heterocycles. The number of carbonyl (C=O) groups is 1. The fraction of sp³-hybridized carbons (Fsp3) is 0.100. The summed E-state index contributed by atoms with van der Waals surface area (Å²) in [5.74, 6) is 0.679. The van der Waals surface area contributed by atoms with E-state index in [9.17, 15) is 9.18 Å².